The number of carbonyl (C=O) groups excluding carboxylic acids is 1. The van der Waals surface area contributed by atoms with E-state index in [2.05, 4.69) is 5.32 Å². The molecule has 0 radical (unpaired) electrons. The normalized spacial score (nSPS) is 12.1. The monoisotopic (exact) mass is 260 g/mol. The topological polar surface area (TPSA) is 55.1 Å². The van der Waals surface area contributed by atoms with Crippen molar-refractivity contribution in [3.63, 3.8) is 0 Å². The molecule has 0 saturated carbocycles. The molecule has 4 heteroatoms. The zero-order chi connectivity index (χ0) is 13.0. The Balaban J connectivity index is 1.90. The van der Waals surface area contributed by atoms with Crippen LogP contribution in [0.4, 0.5) is 0 Å². The van der Waals surface area contributed by atoms with Crippen LogP contribution in [0.25, 0.3) is 0 Å². The molecule has 1 amide bonds. The standard InChI is InChI=1S/C14H16N2OS/c1-10-7-8-13(18-10)14(17)16-9-12(15)11-5-3-2-4-6-11/h2-8,12H,9,15H2,1H3,(H,16,17). The van der Waals surface area contributed by atoms with E-state index in [9.17, 15) is 4.79 Å². The molecule has 3 N–H and O–H groups in total. The lowest BCUT2D eigenvalue weighted by atomic mass is 10.1. The number of carbonyl (C=O) groups is 1. The number of nitrogens with two attached hydrogens (primary N) is 1. The lowest BCUT2D eigenvalue weighted by molar-refractivity contribution is 0.0955. The van der Waals surface area contributed by atoms with Crippen LogP contribution in [0, 0.1) is 6.92 Å². The van der Waals surface area contributed by atoms with Gasteiger partial charge in [0.15, 0.2) is 0 Å². The third-order valence-corrected chi connectivity index (χ3v) is 3.67. The summed E-state index contributed by atoms with van der Waals surface area (Å²) < 4.78 is 0. The van der Waals surface area contributed by atoms with E-state index in [-0.39, 0.29) is 11.9 Å². The lowest BCUT2D eigenvalue weighted by Gasteiger charge is -2.12. The first-order chi connectivity index (χ1) is 8.66. The van der Waals surface area contributed by atoms with Gasteiger partial charge in [0.05, 0.1) is 4.88 Å². The molecule has 1 heterocycles. The third kappa shape index (κ3) is 3.18. The second-order valence-electron chi connectivity index (χ2n) is 4.14. The highest BCUT2D eigenvalue weighted by atomic mass is 32.1. The first kappa shape index (κ1) is 12.8. The Morgan fingerprint density at radius 2 is 2.00 bits per heavy atom. The molecule has 94 valence electrons. The summed E-state index contributed by atoms with van der Waals surface area (Å²) in [6, 6.07) is 13.4. The molecule has 1 aromatic carbocycles. The molecule has 0 bridgehead atoms. The van der Waals surface area contributed by atoms with Crippen LogP contribution in [0.3, 0.4) is 0 Å². The van der Waals surface area contributed by atoms with E-state index in [1.165, 1.54) is 11.3 Å². The van der Waals surface area contributed by atoms with E-state index in [0.717, 1.165) is 15.3 Å². The van der Waals surface area contributed by atoms with Crippen LogP contribution in [0.1, 0.15) is 26.2 Å². The Hall–Kier alpha value is -1.65. The maximum atomic E-state index is 11.8. The highest BCUT2D eigenvalue weighted by molar-refractivity contribution is 7.13. The van der Waals surface area contributed by atoms with Crippen molar-refractivity contribution in [2.45, 2.75) is 13.0 Å². The van der Waals surface area contributed by atoms with Crippen molar-refractivity contribution in [2.75, 3.05) is 6.54 Å². The number of amides is 1. The van der Waals surface area contributed by atoms with Gasteiger partial charge in [0.1, 0.15) is 0 Å². The molecule has 0 spiro atoms. The van der Waals surface area contributed by atoms with Crippen molar-refractivity contribution >= 4 is 17.2 Å². The first-order valence-electron chi connectivity index (χ1n) is 5.82. The molecular weight excluding hydrogens is 244 g/mol. The fourth-order valence-electron chi connectivity index (χ4n) is 1.66. The van der Waals surface area contributed by atoms with Crippen molar-refractivity contribution in [3.8, 4) is 0 Å². The second-order valence-corrected chi connectivity index (χ2v) is 5.43. The Labute approximate surface area is 111 Å². The van der Waals surface area contributed by atoms with Crippen molar-refractivity contribution in [3.05, 3.63) is 57.8 Å². The van der Waals surface area contributed by atoms with Crippen molar-refractivity contribution < 1.29 is 4.79 Å². The quantitative estimate of drug-likeness (QED) is 0.887. The smallest absolute Gasteiger partial charge is 0.261 e. The van der Waals surface area contributed by atoms with Gasteiger partial charge in [-0.2, -0.15) is 0 Å². The SMILES string of the molecule is Cc1ccc(C(=O)NCC(N)c2ccccc2)s1. The van der Waals surface area contributed by atoms with Crippen LogP contribution in [-0.4, -0.2) is 12.5 Å². The summed E-state index contributed by atoms with van der Waals surface area (Å²) in [5, 5.41) is 2.86. The zero-order valence-electron chi connectivity index (χ0n) is 10.2. The fraction of sp³-hybridized carbons (Fsp3) is 0.214. The molecule has 2 aromatic rings. The Morgan fingerprint density at radius 1 is 1.28 bits per heavy atom. The number of rotatable bonds is 4. The van der Waals surface area contributed by atoms with Crippen LogP contribution in [0.2, 0.25) is 0 Å². The average molecular weight is 260 g/mol. The predicted octanol–water partition coefficient (Wildman–Crippen LogP) is 2.49. The van der Waals surface area contributed by atoms with Gasteiger partial charge in [0, 0.05) is 17.5 Å². The molecule has 0 saturated heterocycles. The van der Waals surface area contributed by atoms with Gasteiger partial charge in [-0.15, -0.1) is 11.3 Å². The maximum absolute atomic E-state index is 11.8. The minimum Gasteiger partial charge on any atom is -0.349 e. The molecule has 1 atom stereocenters. The van der Waals surface area contributed by atoms with Crippen LogP contribution in [-0.2, 0) is 0 Å². The van der Waals surface area contributed by atoms with Gasteiger partial charge in [0.2, 0.25) is 0 Å². The molecular formula is C14H16N2OS. The van der Waals surface area contributed by atoms with Crippen LogP contribution < -0.4 is 11.1 Å². The number of hydrogen-bond acceptors (Lipinski definition) is 3. The van der Waals surface area contributed by atoms with E-state index in [4.69, 9.17) is 5.73 Å². The van der Waals surface area contributed by atoms with Crippen LogP contribution in [0.5, 0.6) is 0 Å². The summed E-state index contributed by atoms with van der Waals surface area (Å²) in [4.78, 5) is 13.7. The summed E-state index contributed by atoms with van der Waals surface area (Å²) in [5.41, 5.74) is 7.04. The molecule has 0 fully saturated rings. The van der Waals surface area contributed by atoms with Crippen molar-refractivity contribution in [1.29, 1.82) is 0 Å². The Bertz CT molecular complexity index is 522. The predicted molar refractivity (Wildman–Crippen MR) is 74.8 cm³/mol. The van der Waals surface area contributed by atoms with Crippen molar-refractivity contribution in [1.82, 2.24) is 5.32 Å². The van der Waals surface area contributed by atoms with Gasteiger partial charge in [0.25, 0.3) is 5.91 Å². The van der Waals surface area contributed by atoms with Crippen LogP contribution in [0.15, 0.2) is 42.5 Å². The highest BCUT2D eigenvalue weighted by Gasteiger charge is 2.10. The average Bonchev–Trinajstić information content (AvgIpc) is 2.83. The zero-order valence-corrected chi connectivity index (χ0v) is 11.0. The third-order valence-electron chi connectivity index (χ3n) is 2.67. The molecule has 1 unspecified atom stereocenters. The van der Waals surface area contributed by atoms with Gasteiger partial charge in [-0.05, 0) is 24.6 Å². The summed E-state index contributed by atoms with van der Waals surface area (Å²) in [6.45, 7) is 2.43. The second kappa shape index (κ2) is 5.80. The molecule has 0 aliphatic heterocycles. The number of nitrogens with one attached hydrogen (secondary N) is 1. The van der Waals surface area contributed by atoms with E-state index in [1.54, 1.807) is 0 Å². The lowest BCUT2D eigenvalue weighted by Crippen LogP contribution is -2.31. The van der Waals surface area contributed by atoms with E-state index in [1.807, 2.05) is 49.4 Å². The first-order valence-corrected chi connectivity index (χ1v) is 6.63. The van der Waals surface area contributed by atoms with E-state index >= 15 is 0 Å². The van der Waals surface area contributed by atoms with E-state index in [0.29, 0.717) is 6.54 Å². The Morgan fingerprint density at radius 3 is 2.61 bits per heavy atom. The molecule has 1 aromatic heterocycles. The molecule has 18 heavy (non-hydrogen) atoms. The summed E-state index contributed by atoms with van der Waals surface area (Å²) >= 11 is 1.49. The van der Waals surface area contributed by atoms with Crippen molar-refractivity contribution in [2.24, 2.45) is 5.73 Å². The van der Waals surface area contributed by atoms with E-state index < -0.39 is 0 Å². The van der Waals surface area contributed by atoms with Crippen LogP contribution >= 0.6 is 11.3 Å². The van der Waals surface area contributed by atoms with Gasteiger partial charge in [-0.25, -0.2) is 0 Å². The minimum atomic E-state index is -0.170. The van der Waals surface area contributed by atoms with Gasteiger partial charge in [-0.1, -0.05) is 30.3 Å². The minimum absolute atomic E-state index is 0.0560. The summed E-state index contributed by atoms with van der Waals surface area (Å²) in [5.74, 6) is -0.0560. The maximum Gasteiger partial charge on any atom is 0.261 e. The fourth-order valence-corrected chi connectivity index (χ4v) is 2.45. The summed E-state index contributed by atoms with van der Waals surface area (Å²) in [7, 11) is 0. The van der Waals surface area contributed by atoms with Gasteiger partial charge >= 0.3 is 0 Å². The summed E-state index contributed by atoms with van der Waals surface area (Å²) in [6.07, 6.45) is 0. The Kier molecular flexibility index (Phi) is 4.12. The molecule has 3 nitrogen and oxygen atoms in total. The largest absolute Gasteiger partial charge is 0.349 e. The highest BCUT2D eigenvalue weighted by Crippen LogP contribution is 2.15. The number of thiophene rings is 1. The number of hydrogen-bond donors (Lipinski definition) is 2. The molecule has 0 aliphatic carbocycles. The number of aryl methyl sites for hydroxylation is 1. The molecule has 2 rings (SSSR count). The van der Waals surface area contributed by atoms with Gasteiger partial charge in [-0.3, -0.25) is 4.79 Å². The number of benzene rings is 1. The van der Waals surface area contributed by atoms with Gasteiger partial charge < -0.3 is 11.1 Å². The molecule has 0 aliphatic rings.